The van der Waals surface area contributed by atoms with Gasteiger partial charge in [0.1, 0.15) is 5.60 Å². The van der Waals surface area contributed by atoms with Crippen LogP contribution in [0.1, 0.15) is 53.4 Å². The van der Waals surface area contributed by atoms with Gasteiger partial charge in [-0.2, -0.15) is 0 Å². The van der Waals surface area contributed by atoms with Crippen molar-refractivity contribution >= 4 is 5.97 Å². The molecular weight excluding hydrogens is 284 g/mol. The Kier molecular flexibility index (Phi) is 4.25. The average molecular weight is 312 g/mol. The fourth-order valence-corrected chi connectivity index (χ4v) is 4.02. The first kappa shape index (κ1) is 16.2. The number of carbonyl (C=O) groups excluding carboxylic acids is 1. The van der Waals surface area contributed by atoms with Gasteiger partial charge in [-0.3, -0.25) is 4.79 Å². The van der Waals surface area contributed by atoms with Crippen molar-refractivity contribution < 1.29 is 23.7 Å². The number of esters is 1. The normalized spacial score (nSPS) is 43.8. The smallest absolute Gasteiger partial charge is 0.311 e. The summed E-state index contributed by atoms with van der Waals surface area (Å²) in [5.41, 5.74) is -0.765. The second kappa shape index (κ2) is 5.77. The van der Waals surface area contributed by atoms with Gasteiger partial charge in [0, 0.05) is 12.3 Å². The Morgan fingerprint density at radius 2 is 1.86 bits per heavy atom. The van der Waals surface area contributed by atoms with Gasteiger partial charge < -0.3 is 18.9 Å². The summed E-state index contributed by atoms with van der Waals surface area (Å²) in [7, 11) is 0. The maximum Gasteiger partial charge on any atom is 0.311 e. The first-order chi connectivity index (χ1) is 10.3. The predicted molar refractivity (Wildman–Crippen MR) is 80.0 cm³/mol. The van der Waals surface area contributed by atoms with Crippen molar-refractivity contribution in [1.29, 1.82) is 0 Å². The van der Waals surface area contributed by atoms with Crippen molar-refractivity contribution in [2.45, 2.75) is 71.1 Å². The Morgan fingerprint density at radius 1 is 1.18 bits per heavy atom. The molecule has 22 heavy (non-hydrogen) atoms. The molecule has 1 saturated carbocycles. The number of rotatable bonds is 2. The molecule has 1 spiro atoms. The lowest BCUT2D eigenvalue weighted by atomic mass is 9.73. The number of carbonyl (C=O) groups is 1. The maximum absolute atomic E-state index is 12.3. The van der Waals surface area contributed by atoms with E-state index in [0.717, 1.165) is 19.3 Å². The minimum absolute atomic E-state index is 0.179. The van der Waals surface area contributed by atoms with E-state index in [1.165, 1.54) is 0 Å². The van der Waals surface area contributed by atoms with Gasteiger partial charge >= 0.3 is 5.97 Å². The van der Waals surface area contributed by atoms with Crippen molar-refractivity contribution in [3.63, 3.8) is 0 Å². The second-order valence-electron chi connectivity index (χ2n) is 7.64. The third-order valence-corrected chi connectivity index (χ3v) is 5.52. The van der Waals surface area contributed by atoms with E-state index in [2.05, 4.69) is 20.8 Å². The monoisotopic (exact) mass is 312 g/mol. The maximum atomic E-state index is 12.3. The highest BCUT2D eigenvalue weighted by molar-refractivity contribution is 5.72. The standard InChI is InChI=1S/C17H28O5/c1-11(2)13-6-5-12(3)17(9-13)21-14(18)10-16(4,22-17)15-19-7-8-20-15/h11-13,15H,5-10H2,1-4H3/t12-,13-,16+,17-/m1/s1. The van der Waals surface area contributed by atoms with Gasteiger partial charge in [-0.05, 0) is 31.6 Å². The molecule has 5 nitrogen and oxygen atoms in total. The highest BCUT2D eigenvalue weighted by atomic mass is 16.8. The molecule has 0 aromatic heterocycles. The van der Waals surface area contributed by atoms with Crippen molar-refractivity contribution in [3.8, 4) is 0 Å². The van der Waals surface area contributed by atoms with Crippen LogP contribution in [0, 0.1) is 17.8 Å². The highest BCUT2D eigenvalue weighted by Gasteiger charge is 2.57. The van der Waals surface area contributed by atoms with Gasteiger partial charge in [0.2, 0.25) is 5.79 Å². The summed E-state index contributed by atoms with van der Waals surface area (Å²) < 4.78 is 23.5. The summed E-state index contributed by atoms with van der Waals surface area (Å²) in [6.45, 7) is 9.58. The molecule has 5 heteroatoms. The molecule has 3 rings (SSSR count). The zero-order valence-corrected chi connectivity index (χ0v) is 14.1. The van der Waals surface area contributed by atoms with Crippen LogP contribution >= 0.6 is 0 Å². The highest BCUT2D eigenvalue weighted by Crippen LogP contribution is 2.49. The predicted octanol–water partition coefficient (Wildman–Crippen LogP) is 2.87. The van der Waals surface area contributed by atoms with Crippen molar-refractivity contribution in [2.24, 2.45) is 17.8 Å². The van der Waals surface area contributed by atoms with Gasteiger partial charge in [-0.25, -0.2) is 0 Å². The SMILES string of the molecule is CC(C)[C@@H]1CC[C@@H](C)[C@]2(C1)OC(=O)C[C@@](C)(C1OCCO1)O2. The quantitative estimate of drug-likeness (QED) is 0.734. The van der Waals surface area contributed by atoms with Crippen molar-refractivity contribution in [3.05, 3.63) is 0 Å². The minimum Gasteiger partial charge on any atom is -0.433 e. The van der Waals surface area contributed by atoms with Crippen LogP contribution in [0.15, 0.2) is 0 Å². The molecule has 0 radical (unpaired) electrons. The lowest BCUT2D eigenvalue weighted by molar-refractivity contribution is -0.363. The third-order valence-electron chi connectivity index (χ3n) is 5.52. The van der Waals surface area contributed by atoms with E-state index in [9.17, 15) is 4.79 Å². The van der Waals surface area contributed by atoms with E-state index in [4.69, 9.17) is 18.9 Å². The molecule has 3 aliphatic rings. The summed E-state index contributed by atoms with van der Waals surface area (Å²) >= 11 is 0. The van der Waals surface area contributed by atoms with Crippen LogP contribution in [-0.4, -0.2) is 36.9 Å². The molecule has 3 fully saturated rings. The Bertz CT molecular complexity index is 431. The second-order valence-corrected chi connectivity index (χ2v) is 7.64. The fraction of sp³-hybridized carbons (Fsp3) is 0.941. The summed E-state index contributed by atoms with van der Waals surface area (Å²) in [6, 6.07) is 0. The minimum atomic E-state index is -0.827. The molecule has 0 N–H and O–H groups in total. The molecule has 2 heterocycles. The van der Waals surface area contributed by atoms with E-state index in [1.807, 2.05) is 6.92 Å². The molecule has 2 aliphatic heterocycles. The summed E-state index contributed by atoms with van der Waals surface area (Å²) in [5, 5.41) is 0. The molecule has 126 valence electrons. The molecule has 2 saturated heterocycles. The van der Waals surface area contributed by atoms with Crippen LogP contribution in [-0.2, 0) is 23.7 Å². The summed E-state index contributed by atoms with van der Waals surface area (Å²) in [6.07, 6.45) is 2.63. The number of ether oxygens (including phenoxy) is 4. The van der Waals surface area contributed by atoms with E-state index < -0.39 is 17.7 Å². The van der Waals surface area contributed by atoms with Crippen LogP contribution in [0.4, 0.5) is 0 Å². The molecule has 0 bridgehead atoms. The number of hydrogen-bond acceptors (Lipinski definition) is 5. The summed E-state index contributed by atoms with van der Waals surface area (Å²) in [5.74, 6) is 0.222. The van der Waals surface area contributed by atoms with Gasteiger partial charge in [0.15, 0.2) is 6.29 Å². The van der Waals surface area contributed by atoms with Gasteiger partial charge in [0.05, 0.1) is 19.6 Å². The molecule has 0 aromatic carbocycles. The van der Waals surface area contributed by atoms with Gasteiger partial charge in [-0.15, -0.1) is 0 Å². The molecule has 0 amide bonds. The molecular formula is C17H28O5. The van der Waals surface area contributed by atoms with Crippen LogP contribution in [0.3, 0.4) is 0 Å². The first-order valence-corrected chi connectivity index (χ1v) is 8.50. The average Bonchev–Trinajstić information content (AvgIpc) is 2.95. The van der Waals surface area contributed by atoms with Gasteiger partial charge in [-0.1, -0.05) is 20.8 Å². The molecule has 0 aromatic rings. The third kappa shape index (κ3) is 2.79. The van der Waals surface area contributed by atoms with Crippen LogP contribution < -0.4 is 0 Å². The Morgan fingerprint density at radius 3 is 2.50 bits per heavy atom. The zero-order chi connectivity index (χ0) is 16.0. The Balaban J connectivity index is 1.85. The summed E-state index contributed by atoms with van der Waals surface area (Å²) in [4.78, 5) is 12.3. The largest absolute Gasteiger partial charge is 0.433 e. The van der Waals surface area contributed by atoms with E-state index in [-0.39, 0.29) is 18.3 Å². The molecule has 0 unspecified atom stereocenters. The van der Waals surface area contributed by atoms with Crippen LogP contribution in [0.25, 0.3) is 0 Å². The molecule has 4 atom stereocenters. The van der Waals surface area contributed by atoms with E-state index in [0.29, 0.717) is 25.0 Å². The van der Waals surface area contributed by atoms with E-state index >= 15 is 0 Å². The zero-order valence-electron chi connectivity index (χ0n) is 14.1. The topological polar surface area (TPSA) is 54.0 Å². The number of hydrogen-bond donors (Lipinski definition) is 0. The van der Waals surface area contributed by atoms with E-state index in [1.54, 1.807) is 0 Å². The van der Waals surface area contributed by atoms with Crippen LogP contribution in [0.2, 0.25) is 0 Å². The Hall–Kier alpha value is -0.650. The fourth-order valence-electron chi connectivity index (χ4n) is 4.02. The lowest BCUT2D eigenvalue weighted by Gasteiger charge is -2.53. The van der Waals surface area contributed by atoms with Crippen LogP contribution in [0.5, 0.6) is 0 Å². The Labute approximate surface area is 132 Å². The molecule has 1 aliphatic carbocycles. The van der Waals surface area contributed by atoms with Gasteiger partial charge in [0.25, 0.3) is 0 Å². The van der Waals surface area contributed by atoms with Crippen molar-refractivity contribution in [2.75, 3.05) is 13.2 Å². The first-order valence-electron chi connectivity index (χ1n) is 8.50. The van der Waals surface area contributed by atoms with Crippen molar-refractivity contribution in [1.82, 2.24) is 0 Å². The lowest BCUT2D eigenvalue weighted by Crippen LogP contribution is -2.61.